The molecule has 0 spiro atoms. The second kappa shape index (κ2) is 7.66. The van der Waals surface area contributed by atoms with Crippen molar-refractivity contribution in [2.75, 3.05) is 6.26 Å². The molecule has 0 amide bonds. The smallest absolute Gasteiger partial charge is 0.236 e. The van der Waals surface area contributed by atoms with E-state index in [4.69, 9.17) is 0 Å². The lowest BCUT2D eigenvalue weighted by Gasteiger charge is -2.08. The largest absolute Gasteiger partial charge is 0.435 e. The summed E-state index contributed by atoms with van der Waals surface area (Å²) in [5.41, 5.74) is 1.53. The SMILES string of the molecule is CS(=O)(=O)c1ccc(-n2nc(C(F)(F)F)cc2-c2ccc(-c3ccccc3)cc2)nc1. The number of hydrogen-bond donors (Lipinski definition) is 0. The van der Waals surface area contributed by atoms with E-state index in [0.29, 0.717) is 5.56 Å². The number of nitrogens with zero attached hydrogens (tertiary/aromatic N) is 3. The van der Waals surface area contributed by atoms with Gasteiger partial charge < -0.3 is 0 Å². The number of pyridine rings is 1. The van der Waals surface area contributed by atoms with Gasteiger partial charge in [0.1, 0.15) is 0 Å². The molecular formula is C22H16F3N3O2S. The van der Waals surface area contributed by atoms with Gasteiger partial charge in [0.15, 0.2) is 21.3 Å². The van der Waals surface area contributed by atoms with Crippen LogP contribution in [0.4, 0.5) is 13.2 Å². The Morgan fingerprint density at radius 2 is 1.45 bits per heavy atom. The Morgan fingerprint density at radius 3 is 2.00 bits per heavy atom. The first kappa shape index (κ1) is 20.8. The fourth-order valence-corrected chi connectivity index (χ4v) is 3.64. The summed E-state index contributed by atoms with van der Waals surface area (Å²) in [7, 11) is -3.49. The van der Waals surface area contributed by atoms with Gasteiger partial charge in [-0.05, 0) is 29.3 Å². The third-order valence-corrected chi connectivity index (χ3v) is 5.75. The Bertz CT molecular complexity index is 1310. The minimum atomic E-state index is -4.64. The Morgan fingerprint density at radius 1 is 0.839 bits per heavy atom. The van der Waals surface area contributed by atoms with Crippen molar-refractivity contribution in [1.82, 2.24) is 14.8 Å². The van der Waals surface area contributed by atoms with Crippen LogP contribution in [0, 0.1) is 0 Å². The summed E-state index contributed by atoms with van der Waals surface area (Å²) in [6.07, 6.45) is -2.52. The van der Waals surface area contributed by atoms with Crippen LogP contribution in [0.25, 0.3) is 28.2 Å². The molecule has 0 atom stereocenters. The van der Waals surface area contributed by atoms with Crippen molar-refractivity contribution in [2.45, 2.75) is 11.1 Å². The van der Waals surface area contributed by atoms with Gasteiger partial charge in [0.05, 0.1) is 10.6 Å². The van der Waals surface area contributed by atoms with Gasteiger partial charge in [-0.2, -0.15) is 18.3 Å². The molecule has 4 rings (SSSR count). The van der Waals surface area contributed by atoms with Crippen LogP contribution in [-0.2, 0) is 16.0 Å². The van der Waals surface area contributed by atoms with E-state index in [-0.39, 0.29) is 16.4 Å². The van der Waals surface area contributed by atoms with Gasteiger partial charge in [-0.25, -0.2) is 18.1 Å². The highest BCUT2D eigenvalue weighted by atomic mass is 32.2. The Labute approximate surface area is 176 Å². The zero-order chi connectivity index (χ0) is 22.2. The van der Waals surface area contributed by atoms with E-state index in [1.807, 2.05) is 42.5 Å². The van der Waals surface area contributed by atoms with Crippen molar-refractivity contribution in [1.29, 1.82) is 0 Å². The Kier molecular flexibility index (Phi) is 5.14. The molecule has 0 radical (unpaired) electrons. The lowest BCUT2D eigenvalue weighted by atomic mass is 10.0. The second-order valence-electron chi connectivity index (χ2n) is 6.89. The molecule has 0 aliphatic rings. The minimum Gasteiger partial charge on any atom is -0.236 e. The van der Waals surface area contributed by atoms with Crippen molar-refractivity contribution in [2.24, 2.45) is 0 Å². The Balaban J connectivity index is 1.79. The van der Waals surface area contributed by atoms with Crippen LogP contribution in [0.15, 0.2) is 83.9 Å². The Hall–Kier alpha value is -3.46. The lowest BCUT2D eigenvalue weighted by Crippen LogP contribution is -2.08. The van der Waals surface area contributed by atoms with Gasteiger partial charge in [0.2, 0.25) is 0 Å². The summed E-state index contributed by atoms with van der Waals surface area (Å²) < 4.78 is 64.4. The van der Waals surface area contributed by atoms with E-state index < -0.39 is 21.7 Å². The normalized spacial score (nSPS) is 12.1. The number of alkyl halides is 3. The van der Waals surface area contributed by atoms with Crippen LogP contribution >= 0.6 is 0 Å². The van der Waals surface area contributed by atoms with Crippen LogP contribution < -0.4 is 0 Å². The summed E-state index contributed by atoms with van der Waals surface area (Å²) in [5, 5.41) is 3.68. The zero-order valence-corrected chi connectivity index (χ0v) is 17.0. The van der Waals surface area contributed by atoms with E-state index >= 15 is 0 Å². The molecule has 2 aromatic carbocycles. The third-order valence-electron chi connectivity index (χ3n) is 4.65. The first-order valence-corrected chi connectivity index (χ1v) is 11.0. The van der Waals surface area contributed by atoms with Crippen molar-refractivity contribution in [3.05, 3.63) is 84.7 Å². The van der Waals surface area contributed by atoms with Crippen molar-refractivity contribution >= 4 is 9.84 Å². The van der Waals surface area contributed by atoms with Crippen LogP contribution in [0.2, 0.25) is 0 Å². The van der Waals surface area contributed by atoms with Gasteiger partial charge in [0, 0.05) is 18.0 Å². The van der Waals surface area contributed by atoms with E-state index in [1.54, 1.807) is 12.1 Å². The number of benzene rings is 2. The van der Waals surface area contributed by atoms with Gasteiger partial charge in [-0.15, -0.1) is 0 Å². The first-order valence-electron chi connectivity index (χ1n) is 9.12. The van der Waals surface area contributed by atoms with Crippen molar-refractivity contribution in [3.8, 4) is 28.2 Å². The molecule has 0 aliphatic carbocycles. The minimum absolute atomic E-state index is 0.0341. The molecule has 2 heterocycles. The highest BCUT2D eigenvalue weighted by molar-refractivity contribution is 7.90. The average Bonchev–Trinajstić information content (AvgIpc) is 3.20. The molecule has 0 saturated carbocycles. The second-order valence-corrected chi connectivity index (χ2v) is 8.91. The van der Waals surface area contributed by atoms with E-state index in [9.17, 15) is 21.6 Å². The number of halogens is 3. The molecule has 4 aromatic rings. The molecule has 0 fully saturated rings. The molecule has 0 saturated heterocycles. The van der Waals surface area contributed by atoms with Gasteiger partial charge in [0.25, 0.3) is 0 Å². The van der Waals surface area contributed by atoms with Crippen molar-refractivity contribution in [3.63, 3.8) is 0 Å². The monoisotopic (exact) mass is 443 g/mol. The van der Waals surface area contributed by atoms with E-state index in [2.05, 4.69) is 10.1 Å². The molecule has 31 heavy (non-hydrogen) atoms. The summed E-state index contributed by atoms with van der Waals surface area (Å²) in [6.45, 7) is 0. The topological polar surface area (TPSA) is 64.8 Å². The maximum absolute atomic E-state index is 13.3. The fraction of sp³-hybridized carbons (Fsp3) is 0.0909. The molecule has 0 N–H and O–H groups in total. The van der Waals surface area contributed by atoms with Gasteiger partial charge in [-0.3, -0.25) is 0 Å². The molecule has 5 nitrogen and oxygen atoms in total. The van der Waals surface area contributed by atoms with Crippen LogP contribution in [0.5, 0.6) is 0 Å². The van der Waals surface area contributed by atoms with Gasteiger partial charge in [-0.1, -0.05) is 54.6 Å². The predicted octanol–water partition coefficient (Wildman–Crippen LogP) is 5.02. The summed E-state index contributed by atoms with van der Waals surface area (Å²) >= 11 is 0. The predicted molar refractivity (Wildman–Crippen MR) is 110 cm³/mol. The highest BCUT2D eigenvalue weighted by Gasteiger charge is 2.35. The molecule has 2 aromatic heterocycles. The molecule has 158 valence electrons. The van der Waals surface area contributed by atoms with Crippen LogP contribution in [0.3, 0.4) is 0 Å². The van der Waals surface area contributed by atoms with E-state index in [1.165, 1.54) is 12.1 Å². The molecule has 0 unspecified atom stereocenters. The third kappa shape index (κ3) is 4.36. The summed E-state index contributed by atoms with van der Waals surface area (Å²) in [6, 6.07) is 20.2. The van der Waals surface area contributed by atoms with Gasteiger partial charge >= 0.3 is 6.18 Å². The molecule has 0 bridgehead atoms. The maximum atomic E-state index is 13.3. The molecule has 9 heteroatoms. The lowest BCUT2D eigenvalue weighted by molar-refractivity contribution is -0.141. The average molecular weight is 443 g/mol. The van der Waals surface area contributed by atoms with Crippen LogP contribution in [0.1, 0.15) is 5.69 Å². The highest BCUT2D eigenvalue weighted by Crippen LogP contribution is 2.33. The fourth-order valence-electron chi connectivity index (χ4n) is 3.08. The first-order chi connectivity index (χ1) is 14.6. The van der Waals surface area contributed by atoms with E-state index in [0.717, 1.165) is 34.3 Å². The summed E-state index contributed by atoms with van der Waals surface area (Å²) in [5.74, 6) is 0.0741. The molecular weight excluding hydrogens is 427 g/mol. The zero-order valence-electron chi connectivity index (χ0n) is 16.2. The quantitative estimate of drug-likeness (QED) is 0.444. The number of aromatic nitrogens is 3. The number of hydrogen-bond acceptors (Lipinski definition) is 4. The number of rotatable bonds is 4. The standard InChI is InChI=1S/C22H16F3N3O2S/c1-31(29,30)18-11-12-21(26-14-18)28-19(13-20(27-28)22(23,24)25)17-9-7-16(8-10-17)15-5-3-2-4-6-15/h2-14H,1H3. The number of sulfone groups is 1. The maximum Gasteiger partial charge on any atom is 0.435 e. The molecule has 0 aliphatic heterocycles. The van der Waals surface area contributed by atoms with Crippen molar-refractivity contribution < 1.29 is 21.6 Å². The summed E-state index contributed by atoms with van der Waals surface area (Å²) in [4.78, 5) is 3.98. The van der Waals surface area contributed by atoms with Crippen LogP contribution in [-0.4, -0.2) is 29.4 Å².